The van der Waals surface area contributed by atoms with Gasteiger partial charge in [0.25, 0.3) is 11.5 Å². The van der Waals surface area contributed by atoms with E-state index < -0.39 is 0 Å². The second-order valence-corrected chi connectivity index (χ2v) is 7.40. The standard InChI is InChI=1S/C18H18N2O2S/c1-11-5-4-8-20(10-11)18(22)15-9-13-16(23-15)12-6-2-3-7-14(12)19-17(13)21/h2-3,6-7,9,11H,4-5,8,10H2,1H3,(H,19,21)/t11-/m0/s1. The lowest BCUT2D eigenvalue weighted by molar-refractivity contribution is 0.0688. The number of pyridine rings is 1. The van der Waals surface area contributed by atoms with E-state index in [4.69, 9.17) is 0 Å². The van der Waals surface area contributed by atoms with Gasteiger partial charge in [-0.2, -0.15) is 0 Å². The van der Waals surface area contributed by atoms with Crippen molar-refractivity contribution in [2.45, 2.75) is 19.8 Å². The average molecular weight is 326 g/mol. The number of para-hydroxylation sites is 1. The Balaban J connectivity index is 1.82. The highest BCUT2D eigenvalue weighted by Crippen LogP contribution is 2.31. The van der Waals surface area contributed by atoms with Gasteiger partial charge < -0.3 is 9.88 Å². The number of H-pyrrole nitrogens is 1. The van der Waals surface area contributed by atoms with Gasteiger partial charge in [0, 0.05) is 28.7 Å². The molecule has 1 saturated heterocycles. The Labute approximate surface area is 137 Å². The molecular weight excluding hydrogens is 308 g/mol. The van der Waals surface area contributed by atoms with Crippen LogP contribution in [0.3, 0.4) is 0 Å². The van der Waals surface area contributed by atoms with Gasteiger partial charge in [0.05, 0.1) is 10.3 Å². The van der Waals surface area contributed by atoms with E-state index in [1.54, 1.807) is 6.07 Å². The Morgan fingerprint density at radius 3 is 2.96 bits per heavy atom. The Morgan fingerprint density at radius 1 is 1.30 bits per heavy atom. The highest BCUT2D eigenvalue weighted by atomic mass is 32.1. The fraction of sp³-hybridized carbons (Fsp3) is 0.333. The van der Waals surface area contributed by atoms with E-state index in [1.165, 1.54) is 17.8 Å². The van der Waals surface area contributed by atoms with Crippen LogP contribution < -0.4 is 5.56 Å². The van der Waals surface area contributed by atoms with E-state index in [0.29, 0.717) is 16.2 Å². The van der Waals surface area contributed by atoms with Crippen LogP contribution in [0.15, 0.2) is 35.1 Å². The molecule has 23 heavy (non-hydrogen) atoms. The molecule has 5 heteroatoms. The van der Waals surface area contributed by atoms with Gasteiger partial charge >= 0.3 is 0 Å². The number of aromatic amines is 1. The van der Waals surface area contributed by atoms with Gasteiger partial charge in [0.1, 0.15) is 0 Å². The van der Waals surface area contributed by atoms with Gasteiger partial charge in [-0.15, -0.1) is 11.3 Å². The lowest BCUT2D eigenvalue weighted by Crippen LogP contribution is -2.38. The number of likely N-dealkylation sites (tertiary alicyclic amines) is 1. The lowest BCUT2D eigenvalue weighted by Gasteiger charge is -2.30. The number of rotatable bonds is 1. The van der Waals surface area contributed by atoms with Crippen molar-refractivity contribution in [2.75, 3.05) is 13.1 Å². The summed E-state index contributed by atoms with van der Waals surface area (Å²) in [5.74, 6) is 0.604. The second kappa shape index (κ2) is 5.49. The van der Waals surface area contributed by atoms with Crippen LogP contribution in [0, 0.1) is 5.92 Å². The normalized spacial score (nSPS) is 18.7. The number of hydrogen-bond acceptors (Lipinski definition) is 3. The minimum Gasteiger partial charge on any atom is -0.338 e. The fourth-order valence-electron chi connectivity index (χ4n) is 3.37. The maximum Gasteiger partial charge on any atom is 0.263 e. The third-order valence-electron chi connectivity index (χ3n) is 4.55. The molecule has 0 aliphatic carbocycles. The number of aromatic nitrogens is 1. The van der Waals surface area contributed by atoms with Crippen LogP contribution in [0.1, 0.15) is 29.4 Å². The van der Waals surface area contributed by atoms with Gasteiger partial charge in [-0.1, -0.05) is 25.1 Å². The van der Waals surface area contributed by atoms with Crippen molar-refractivity contribution < 1.29 is 4.79 Å². The molecule has 4 rings (SSSR count). The Kier molecular flexibility index (Phi) is 3.45. The number of fused-ring (bicyclic) bond motifs is 3. The highest BCUT2D eigenvalue weighted by molar-refractivity contribution is 7.21. The number of hydrogen-bond donors (Lipinski definition) is 1. The molecule has 1 amide bonds. The molecule has 4 nitrogen and oxygen atoms in total. The summed E-state index contributed by atoms with van der Waals surface area (Å²) in [4.78, 5) is 30.6. The summed E-state index contributed by atoms with van der Waals surface area (Å²) in [5.41, 5.74) is 0.693. The number of nitrogens with one attached hydrogen (secondary N) is 1. The summed E-state index contributed by atoms with van der Waals surface area (Å²) in [5, 5.41) is 1.61. The smallest absolute Gasteiger partial charge is 0.263 e. The van der Waals surface area contributed by atoms with Crippen molar-refractivity contribution >= 4 is 38.2 Å². The monoisotopic (exact) mass is 326 g/mol. The molecule has 1 aliphatic rings. The molecule has 0 radical (unpaired) electrons. The molecule has 1 N–H and O–H groups in total. The molecule has 118 valence electrons. The zero-order valence-electron chi connectivity index (χ0n) is 13.0. The van der Waals surface area contributed by atoms with Gasteiger partial charge in [-0.25, -0.2) is 0 Å². The summed E-state index contributed by atoms with van der Waals surface area (Å²) in [6.07, 6.45) is 2.24. The predicted molar refractivity (Wildman–Crippen MR) is 94.3 cm³/mol. The van der Waals surface area contributed by atoms with Crippen LogP contribution in [0.25, 0.3) is 21.0 Å². The van der Waals surface area contributed by atoms with E-state index >= 15 is 0 Å². The summed E-state index contributed by atoms with van der Waals surface area (Å²) in [6.45, 7) is 3.81. The molecule has 0 spiro atoms. The van der Waals surface area contributed by atoms with E-state index in [1.807, 2.05) is 29.2 Å². The zero-order valence-corrected chi connectivity index (χ0v) is 13.8. The Bertz CT molecular complexity index is 956. The predicted octanol–water partition coefficient (Wildman–Crippen LogP) is 3.61. The summed E-state index contributed by atoms with van der Waals surface area (Å²) in [7, 11) is 0. The first-order chi connectivity index (χ1) is 11.1. The number of carbonyl (C=O) groups excluding carboxylic acids is 1. The third kappa shape index (κ3) is 2.45. The minimum atomic E-state index is -0.124. The van der Waals surface area contributed by atoms with E-state index in [-0.39, 0.29) is 11.5 Å². The number of thiophene rings is 1. The minimum absolute atomic E-state index is 0.0567. The summed E-state index contributed by atoms with van der Waals surface area (Å²) >= 11 is 1.43. The van der Waals surface area contributed by atoms with Crippen LogP contribution >= 0.6 is 11.3 Å². The maximum atomic E-state index is 12.8. The fourth-order valence-corrected chi connectivity index (χ4v) is 4.54. The molecule has 3 heterocycles. The quantitative estimate of drug-likeness (QED) is 0.742. The van der Waals surface area contributed by atoms with Gasteiger partial charge in [-0.05, 0) is 30.9 Å². The lowest BCUT2D eigenvalue weighted by atomic mass is 10.0. The second-order valence-electron chi connectivity index (χ2n) is 6.35. The number of carbonyl (C=O) groups is 1. The van der Waals surface area contributed by atoms with Gasteiger partial charge in [0.15, 0.2) is 0 Å². The number of nitrogens with zero attached hydrogens (tertiary/aromatic N) is 1. The van der Waals surface area contributed by atoms with Gasteiger partial charge in [-0.3, -0.25) is 9.59 Å². The molecule has 1 aliphatic heterocycles. The van der Waals surface area contributed by atoms with Crippen LogP contribution in [0.5, 0.6) is 0 Å². The van der Waals surface area contributed by atoms with E-state index in [0.717, 1.165) is 35.1 Å². The topological polar surface area (TPSA) is 53.2 Å². The van der Waals surface area contributed by atoms with Crippen LogP contribution in [0.2, 0.25) is 0 Å². The molecule has 0 unspecified atom stereocenters. The number of amides is 1. The Hall–Kier alpha value is -2.14. The van der Waals surface area contributed by atoms with Crippen molar-refractivity contribution in [1.29, 1.82) is 0 Å². The van der Waals surface area contributed by atoms with Crippen molar-refractivity contribution in [1.82, 2.24) is 9.88 Å². The number of benzene rings is 1. The van der Waals surface area contributed by atoms with Crippen molar-refractivity contribution in [3.05, 3.63) is 45.6 Å². The zero-order chi connectivity index (χ0) is 16.0. The molecule has 1 atom stereocenters. The molecular formula is C18H18N2O2S. The largest absolute Gasteiger partial charge is 0.338 e. The first kappa shape index (κ1) is 14.5. The van der Waals surface area contributed by atoms with E-state index in [2.05, 4.69) is 11.9 Å². The molecule has 2 aromatic heterocycles. The van der Waals surface area contributed by atoms with Crippen molar-refractivity contribution in [3.8, 4) is 0 Å². The average Bonchev–Trinajstić information content (AvgIpc) is 3.00. The molecule has 3 aromatic rings. The molecule has 1 aromatic carbocycles. The first-order valence-corrected chi connectivity index (χ1v) is 8.79. The van der Waals surface area contributed by atoms with Crippen molar-refractivity contribution in [2.24, 2.45) is 5.92 Å². The Morgan fingerprint density at radius 2 is 2.13 bits per heavy atom. The third-order valence-corrected chi connectivity index (χ3v) is 5.71. The van der Waals surface area contributed by atoms with Crippen LogP contribution in [-0.2, 0) is 0 Å². The summed E-state index contributed by atoms with van der Waals surface area (Å²) in [6, 6.07) is 9.49. The molecule has 1 fully saturated rings. The number of piperidine rings is 1. The maximum absolute atomic E-state index is 12.8. The first-order valence-electron chi connectivity index (χ1n) is 7.97. The SMILES string of the molecule is C[C@H]1CCCN(C(=O)c2cc3c(=O)[nH]c4ccccc4c3s2)C1. The molecule has 0 bridgehead atoms. The van der Waals surface area contributed by atoms with Crippen molar-refractivity contribution in [3.63, 3.8) is 0 Å². The highest BCUT2D eigenvalue weighted by Gasteiger charge is 2.24. The van der Waals surface area contributed by atoms with Crippen LogP contribution in [0.4, 0.5) is 0 Å². The molecule has 0 saturated carbocycles. The van der Waals surface area contributed by atoms with E-state index in [9.17, 15) is 9.59 Å². The van der Waals surface area contributed by atoms with Crippen LogP contribution in [-0.4, -0.2) is 28.9 Å². The van der Waals surface area contributed by atoms with Gasteiger partial charge in [0.2, 0.25) is 0 Å². The summed E-state index contributed by atoms with van der Waals surface area (Å²) < 4.78 is 0.901.